The molecule has 7 heteroatoms. The number of hydrogen-bond donors (Lipinski definition) is 3. The molecule has 1 aliphatic carbocycles. The summed E-state index contributed by atoms with van der Waals surface area (Å²) < 4.78 is 2.86. The fourth-order valence-corrected chi connectivity index (χ4v) is 5.74. The Balaban J connectivity index is 2.08. The normalized spacial score (nSPS) is 14.7. The molecule has 0 spiro atoms. The molecule has 0 saturated heterocycles. The molecule has 0 aliphatic heterocycles. The number of nitrogens with one attached hydrogen (secondary N) is 1. The summed E-state index contributed by atoms with van der Waals surface area (Å²) in [6.07, 6.45) is 1.41. The van der Waals surface area contributed by atoms with Gasteiger partial charge in [0.25, 0.3) is 0 Å². The van der Waals surface area contributed by atoms with E-state index in [1.165, 1.54) is 11.8 Å². The molecule has 134 valence electrons. The molecule has 26 heavy (non-hydrogen) atoms. The van der Waals surface area contributed by atoms with Crippen molar-refractivity contribution in [2.45, 2.75) is 0 Å². The summed E-state index contributed by atoms with van der Waals surface area (Å²) in [7, 11) is 6.31. The molecule has 5 nitrogen and oxygen atoms in total. The van der Waals surface area contributed by atoms with Crippen LogP contribution in [0.5, 0.6) is 5.75 Å². The van der Waals surface area contributed by atoms with Crippen LogP contribution in [-0.4, -0.2) is 53.5 Å². The first-order chi connectivity index (χ1) is 12.1. The first kappa shape index (κ1) is 18.9. The molecule has 0 amide bonds. The van der Waals surface area contributed by atoms with Gasteiger partial charge in [-0.05, 0) is 0 Å². The zero-order chi connectivity index (χ0) is 19.2. The molecule has 4 N–H and O–H groups in total. The molecule has 0 radical (unpaired) electrons. The summed E-state index contributed by atoms with van der Waals surface area (Å²) >= 11 is 2.28. The van der Waals surface area contributed by atoms with Crippen molar-refractivity contribution in [1.29, 1.82) is 5.41 Å². The van der Waals surface area contributed by atoms with Gasteiger partial charge in [-0.15, -0.1) is 0 Å². The van der Waals surface area contributed by atoms with Crippen molar-refractivity contribution in [3.8, 4) is 5.75 Å². The van der Waals surface area contributed by atoms with Crippen LogP contribution in [0.2, 0.25) is 0 Å². The van der Waals surface area contributed by atoms with Crippen LogP contribution in [0.1, 0.15) is 15.9 Å². The Labute approximate surface area is 167 Å². The number of nitrogens with zero attached hydrogens (tertiary/aromatic N) is 1. The third kappa shape index (κ3) is 3.37. The molecular formula is C19H20AsBrN3O2+. The Bertz CT molecular complexity index is 977. The van der Waals surface area contributed by atoms with Crippen molar-refractivity contribution in [2.75, 3.05) is 26.9 Å². The number of hydrogen-bond acceptors (Lipinski definition) is 4. The maximum absolute atomic E-state index is 12.4. The van der Waals surface area contributed by atoms with E-state index in [0.717, 1.165) is 8.70 Å². The molecule has 1 atom stereocenters. The molecule has 0 heterocycles. The number of benzene rings is 2. The number of nitrogens with two attached hydrogens (primary N) is 1. The van der Waals surface area contributed by atoms with Crippen LogP contribution in [0.4, 0.5) is 11.4 Å². The Morgan fingerprint density at radius 1 is 1.19 bits per heavy atom. The van der Waals surface area contributed by atoms with E-state index in [1.807, 2.05) is 12.1 Å². The van der Waals surface area contributed by atoms with E-state index in [2.05, 4.69) is 49.2 Å². The number of quaternary nitrogens is 1. The third-order valence-corrected chi connectivity index (χ3v) is 7.43. The van der Waals surface area contributed by atoms with Gasteiger partial charge >= 0.3 is 168 Å². The van der Waals surface area contributed by atoms with Gasteiger partial charge in [0.1, 0.15) is 0 Å². The van der Waals surface area contributed by atoms with Crippen LogP contribution in [0.3, 0.4) is 0 Å². The van der Waals surface area contributed by atoms with Gasteiger partial charge in [0, 0.05) is 0 Å². The van der Waals surface area contributed by atoms with Crippen molar-refractivity contribution in [3.05, 3.63) is 52.0 Å². The number of nitrogen functional groups attached to an aromatic ring is 1. The quantitative estimate of drug-likeness (QED) is 0.271. The Kier molecular flexibility index (Phi) is 4.86. The molecule has 1 unspecified atom stereocenters. The van der Waals surface area contributed by atoms with Crippen molar-refractivity contribution in [2.24, 2.45) is 0 Å². The maximum atomic E-state index is 12.4. The summed E-state index contributed by atoms with van der Waals surface area (Å²) in [5.41, 5.74) is 8.13. The second kappa shape index (κ2) is 6.69. The summed E-state index contributed by atoms with van der Waals surface area (Å²) in [6, 6.07) is 9.96. The number of anilines is 1. The third-order valence-electron chi connectivity index (χ3n) is 4.21. The fourth-order valence-electron chi connectivity index (χ4n) is 2.84. The van der Waals surface area contributed by atoms with E-state index < -0.39 is 15.8 Å². The summed E-state index contributed by atoms with van der Waals surface area (Å²) in [4.78, 5) is 12.4. The molecule has 0 aromatic heterocycles. The van der Waals surface area contributed by atoms with E-state index in [4.69, 9.17) is 11.1 Å². The van der Waals surface area contributed by atoms with Gasteiger partial charge in [-0.1, -0.05) is 0 Å². The number of Topliss-reactive ketones (excluding diaryl/α,β-unsaturated/α-hetero) is 1. The summed E-state index contributed by atoms with van der Waals surface area (Å²) in [6.45, 7) is 0. The number of ketones is 1. The van der Waals surface area contributed by atoms with Crippen LogP contribution < -0.4 is 18.9 Å². The van der Waals surface area contributed by atoms with Crippen molar-refractivity contribution in [1.82, 2.24) is 4.48 Å². The molecule has 2 aromatic carbocycles. The molecule has 1 aliphatic rings. The number of phenolic OH excluding ortho intramolecular Hbond substituents is 1. The number of halogens is 1. The Morgan fingerprint density at radius 3 is 2.54 bits per heavy atom. The van der Waals surface area contributed by atoms with E-state index in [-0.39, 0.29) is 32.9 Å². The monoisotopic (exact) mass is 476 g/mol. The SMILES string of the molecule is C[N+](C)(C)c1cccc([AsH]c2cc(N)c3c(c2O)C(=N)C=C(Br)C3=O)c1. The predicted octanol–water partition coefficient (Wildman–Crippen LogP) is 1.40. The second-order valence-electron chi connectivity index (χ2n) is 7.03. The van der Waals surface area contributed by atoms with Gasteiger partial charge in [0.2, 0.25) is 0 Å². The van der Waals surface area contributed by atoms with Gasteiger partial charge < -0.3 is 0 Å². The summed E-state index contributed by atoms with van der Waals surface area (Å²) in [5.74, 6) is -0.304. The van der Waals surface area contributed by atoms with Crippen molar-refractivity contribution >= 4 is 63.3 Å². The van der Waals surface area contributed by atoms with E-state index >= 15 is 0 Å². The van der Waals surface area contributed by atoms with Crippen LogP contribution in [0.25, 0.3) is 0 Å². The van der Waals surface area contributed by atoms with Crippen LogP contribution in [0, 0.1) is 5.41 Å². The number of allylic oxidation sites excluding steroid dienone is 2. The Morgan fingerprint density at radius 2 is 1.88 bits per heavy atom. The van der Waals surface area contributed by atoms with Gasteiger partial charge in [0.05, 0.1) is 0 Å². The van der Waals surface area contributed by atoms with Gasteiger partial charge in [0.15, 0.2) is 0 Å². The number of fused-ring (bicyclic) bond motifs is 1. The number of rotatable bonds is 3. The zero-order valence-corrected chi connectivity index (χ0v) is 18.4. The number of phenols is 1. The first-order valence-corrected chi connectivity index (χ1v) is 10.8. The predicted molar refractivity (Wildman–Crippen MR) is 113 cm³/mol. The van der Waals surface area contributed by atoms with Gasteiger partial charge in [-0.3, -0.25) is 0 Å². The van der Waals surface area contributed by atoms with Gasteiger partial charge in [-0.2, -0.15) is 0 Å². The van der Waals surface area contributed by atoms with Gasteiger partial charge in [-0.25, -0.2) is 0 Å². The van der Waals surface area contributed by atoms with E-state index in [0.29, 0.717) is 10.2 Å². The summed E-state index contributed by atoms with van der Waals surface area (Å²) in [5, 5.41) is 18.9. The van der Waals surface area contributed by atoms with Crippen LogP contribution >= 0.6 is 15.9 Å². The van der Waals surface area contributed by atoms with Crippen LogP contribution in [-0.2, 0) is 0 Å². The average molecular weight is 477 g/mol. The first-order valence-electron chi connectivity index (χ1n) is 7.95. The number of carbonyl (C=O) groups excluding carboxylic acids is 1. The topological polar surface area (TPSA) is 87.2 Å². The second-order valence-corrected chi connectivity index (χ2v) is 10.8. The molecule has 3 rings (SSSR count). The van der Waals surface area contributed by atoms with Crippen molar-refractivity contribution < 1.29 is 9.90 Å². The zero-order valence-electron chi connectivity index (χ0n) is 14.7. The minimum atomic E-state index is -0.878. The molecule has 2 aromatic rings. The minimum absolute atomic E-state index is 0.000508. The fraction of sp³-hybridized carbons (Fsp3) is 0.158. The van der Waals surface area contributed by atoms with E-state index in [1.54, 1.807) is 6.07 Å². The number of carbonyl (C=O) groups is 1. The Hall–Kier alpha value is -1.88. The van der Waals surface area contributed by atoms with Crippen LogP contribution in [0.15, 0.2) is 40.9 Å². The van der Waals surface area contributed by atoms with Crippen molar-refractivity contribution in [3.63, 3.8) is 0 Å². The standard InChI is InChI=1S/C19H19AsBrN3O2/c1-24(2,3)11-6-4-5-10(7-11)20-12-8-14(22)17-16(18(12)25)15(23)9-13(21)19(17)26/h4-9,20H,1-3H3,(H3-,22,23,25,26)/p+1. The molecule has 0 saturated carbocycles. The molecular weight excluding hydrogens is 457 g/mol. The number of aromatic hydroxyl groups is 1. The molecule has 0 bridgehead atoms. The molecule has 0 fully saturated rings. The van der Waals surface area contributed by atoms with E-state index in [9.17, 15) is 9.90 Å². The average Bonchev–Trinajstić information content (AvgIpc) is 2.55.